The van der Waals surface area contributed by atoms with Gasteiger partial charge in [0.05, 0.1) is 17.3 Å². The van der Waals surface area contributed by atoms with Crippen LogP contribution < -0.4 is 5.32 Å². The smallest absolute Gasteiger partial charge is 0.255 e. The standard InChI is InChI=1S/C24H17N3OS/c1-16-5-2-3-8-21(16)24-27-22(15-29-24)18-9-11-20(12-10-18)26-23(28)19-7-4-6-17(13-19)14-25/h2-13,15H,1H3,(H,26,28). The van der Waals surface area contributed by atoms with Gasteiger partial charge in [-0.15, -0.1) is 11.3 Å². The average molecular weight is 395 g/mol. The Labute approximate surface area is 173 Å². The largest absolute Gasteiger partial charge is 0.322 e. The van der Waals surface area contributed by atoms with Crippen molar-refractivity contribution in [2.24, 2.45) is 0 Å². The summed E-state index contributed by atoms with van der Waals surface area (Å²) < 4.78 is 0. The van der Waals surface area contributed by atoms with Crippen molar-refractivity contribution in [1.29, 1.82) is 5.26 Å². The van der Waals surface area contributed by atoms with Gasteiger partial charge in [-0.25, -0.2) is 4.98 Å². The van der Waals surface area contributed by atoms with E-state index in [9.17, 15) is 4.79 Å². The summed E-state index contributed by atoms with van der Waals surface area (Å²) >= 11 is 1.62. The number of nitrogens with zero attached hydrogens (tertiary/aromatic N) is 2. The first-order chi connectivity index (χ1) is 14.1. The van der Waals surface area contributed by atoms with Crippen LogP contribution in [0.15, 0.2) is 78.2 Å². The van der Waals surface area contributed by atoms with E-state index in [-0.39, 0.29) is 5.91 Å². The van der Waals surface area contributed by atoms with Crippen molar-refractivity contribution >= 4 is 22.9 Å². The van der Waals surface area contributed by atoms with Crippen LogP contribution >= 0.6 is 11.3 Å². The van der Waals surface area contributed by atoms with Gasteiger partial charge in [-0.3, -0.25) is 4.79 Å². The number of hydrogen-bond acceptors (Lipinski definition) is 4. The SMILES string of the molecule is Cc1ccccc1-c1nc(-c2ccc(NC(=O)c3cccc(C#N)c3)cc2)cs1. The van der Waals surface area contributed by atoms with E-state index in [1.807, 2.05) is 47.8 Å². The fraction of sp³-hybridized carbons (Fsp3) is 0.0417. The number of thiazole rings is 1. The van der Waals surface area contributed by atoms with Crippen LogP contribution in [0.2, 0.25) is 0 Å². The van der Waals surface area contributed by atoms with Gasteiger partial charge in [-0.05, 0) is 42.8 Å². The van der Waals surface area contributed by atoms with E-state index in [1.165, 1.54) is 5.56 Å². The minimum Gasteiger partial charge on any atom is -0.322 e. The van der Waals surface area contributed by atoms with Crippen LogP contribution in [-0.2, 0) is 0 Å². The minimum atomic E-state index is -0.245. The molecule has 29 heavy (non-hydrogen) atoms. The number of nitrogens with one attached hydrogen (secondary N) is 1. The van der Waals surface area contributed by atoms with E-state index in [4.69, 9.17) is 10.2 Å². The quantitative estimate of drug-likeness (QED) is 0.467. The van der Waals surface area contributed by atoms with Crippen LogP contribution in [-0.4, -0.2) is 10.9 Å². The molecule has 3 aromatic carbocycles. The molecule has 1 heterocycles. The number of hydrogen-bond donors (Lipinski definition) is 1. The van der Waals surface area contributed by atoms with Crippen LogP contribution in [0.1, 0.15) is 21.5 Å². The van der Waals surface area contributed by atoms with Crippen molar-refractivity contribution in [1.82, 2.24) is 4.98 Å². The molecule has 0 bridgehead atoms. The Morgan fingerprint density at radius 3 is 2.59 bits per heavy atom. The van der Waals surface area contributed by atoms with Crippen LogP contribution in [0.3, 0.4) is 0 Å². The second-order valence-corrected chi connectivity index (χ2v) is 7.44. The molecule has 5 heteroatoms. The number of carbonyl (C=O) groups is 1. The van der Waals surface area contributed by atoms with Crippen LogP contribution in [0.4, 0.5) is 5.69 Å². The maximum absolute atomic E-state index is 12.4. The molecule has 1 amide bonds. The molecule has 1 aromatic heterocycles. The van der Waals surface area contributed by atoms with Crippen molar-refractivity contribution in [3.63, 3.8) is 0 Å². The van der Waals surface area contributed by atoms with Gasteiger partial charge in [0.2, 0.25) is 0 Å². The topological polar surface area (TPSA) is 65.8 Å². The molecule has 0 spiro atoms. The normalized spacial score (nSPS) is 10.3. The summed E-state index contributed by atoms with van der Waals surface area (Å²) in [6.45, 7) is 2.08. The first kappa shape index (κ1) is 18.6. The molecule has 4 aromatic rings. The van der Waals surface area contributed by atoms with Gasteiger partial charge in [-0.1, -0.05) is 42.5 Å². The van der Waals surface area contributed by atoms with Gasteiger partial charge in [0.1, 0.15) is 5.01 Å². The summed E-state index contributed by atoms with van der Waals surface area (Å²) in [5.74, 6) is -0.245. The summed E-state index contributed by atoms with van der Waals surface area (Å²) in [4.78, 5) is 17.2. The number of nitriles is 1. The summed E-state index contributed by atoms with van der Waals surface area (Å²) in [6, 6.07) is 24.5. The fourth-order valence-corrected chi connectivity index (χ4v) is 3.92. The first-order valence-corrected chi connectivity index (χ1v) is 9.95. The van der Waals surface area contributed by atoms with Crippen molar-refractivity contribution < 1.29 is 4.79 Å². The van der Waals surface area contributed by atoms with Crippen LogP contribution in [0.5, 0.6) is 0 Å². The third-order valence-electron chi connectivity index (χ3n) is 4.57. The summed E-state index contributed by atoms with van der Waals surface area (Å²) in [7, 11) is 0. The zero-order chi connectivity index (χ0) is 20.2. The van der Waals surface area contributed by atoms with E-state index in [1.54, 1.807) is 35.6 Å². The molecule has 0 fully saturated rings. The van der Waals surface area contributed by atoms with Gasteiger partial charge < -0.3 is 5.32 Å². The zero-order valence-electron chi connectivity index (χ0n) is 15.7. The zero-order valence-corrected chi connectivity index (χ0v) is 16.5. The molecular weight excluding hydrogens is 378 g/mol. The van der Waals surface area contributed by atoms with Crippen molar-refractivity contribution in [3.05, 3.63) is 94.9 Å². The molecule has 0 aliphatic heterocycles. The highest BCUT2D eigenvalue weighted by Crippen LogP contribution is 2.31. The molecule has 4 nitrogen and oxygen atoms in total. The second kappa shape index (κ2) is 8.09. The lowest BCUT2D eigenvalue weighted by Crippen LogP contribution is -2.11. The highest BCUT2D eigenvalue weighted by atomic mass is 32.1. The predicted octanol–water partition coefficient (Wildman–Crippen LogP) is 5.91. The Balaban J connectivity index is 1.51. The minimum absolute atomic E-state index is 0.245. The third-order valence-corrected chi connectivity index (χ3v) is 5.45. The number of benzene rings is 3. The Morgan fingerprint density at radius 1 is 1.03 bits per heavy atom. The monoisotopic (exact) mass is 395 g/mol. The molecule has 0 saturated carbocycles. The van der Waals surface area contributed by atoms with E-state index in [2.05, 4.69) is 24.4 Å². The number of aromatic nitrogens is 1. The van der Waals surface area contributed by atoms with E-state index < -0.39 is 0 Å². The highest BCUT2D eigenvalue weighted by Gasteiger charge is 2.10. The molecule has 0 aliphatic rings. The van der Waals surface area contributed by atoms with Gasteiger partial charge in [-0.2, -0.15) is 5.26 Å². The lowest BCUT2D eigenvalue weighted by atomic mass is 10.1. The maximum Gasteiger partial charge on any atom is 0.255 e. The number of amides is 1. The Kier molecular flexibility index (Phi) is 5.19. The van der Waals surface area contributed by atoms with Crippen molar-refractivity contribution in [2.75, 3.05) is 5.32 Å². The Morgan fingerprint density at radius 2 is 1.83 bits per heavy atom. The van der Waals surface area contributed by atoms with Gasteiger partial charge >= 0.3 is 0 Å². The van der Waals surface area contributed by atoms with Gasteiger partial charge in [0.15, 0.2) is 0 Å². The third kappa shape index (κ3) is 4.08. The lowest BCUT2D eigenvalue weighted by Gasteiger charge is -2.06. The van der Waals surface area contributed by atoms with Crippen LogP contribution in [0, 0.1) is 18.3 Å². The number of anilines is 1. The number of carbonyl (C=O) groups excluding carboxylic acids is 1. The molecule has 0 unspecified atom stereocenters. The lowest BCUT2D eigenvalue weighted by molar-refractivity contribution is 0.102. The highest BCUT2D eigenvalue weighted by molar-refractivity contribution is 7.13. The number of rotatable bonds is 4. The average Bonchev–Trinajstić information content (AvgIpc) is 3.24. The van der Waals surface area contributed by atoms with Crippen molar-refractivity contribution in [3.8, 4) is 27.9 Å². The van der Waals surface area contributed by atoms with E-state index in [0.29, 0.717) is 16.8 Å². The van der Waals surface area contributed by atoms with Gasteiger partial charge in [0, 0.05) is 27.8 Å². The van der Waals surface area contributed by atoms with Gasteiger partial charge in [0.25, 0.3) is 5.91 Å². The molecule has 4 rings (SSSR count). The Hall–Kier alpha value is -3.75. The number of aryl methyl sites for hydroxylation is 1. The van der Waals surface area contributed by atoms with Crippen molar-refractivity contribution in [2.45, 2.75) is 6.92 Å². The predicted molar refractivity (Wildman–Crippen MR) is 117 cm³/mol. The molecular formula is C24H17N3OS. The molecule has 0 radical (unpaired) electrons. The van der Waals surface area contributed by atoms with Crippen LogP contribution in [0.25, 0.3) is 21.8 Å². The molecule has 0 saturated heterocycles. The fourth-order valence-electron chi connectivity index (χ4n) is 3.00. The summed E-state index contributed by atoms with van der Waals surface area (Å²) in [6.07, 6.45) is 0. The molecule has 1 N–H and O–H groups in total. The molecule has 0 atom stereocenters. The molecule has 0 aliphatic carbocycles. The summed E-state index contributed by atoms with van der Waals surface area (Å²) in [5, 5.41) is 14.9. The maximum atomic E-state index is 12.4. The van der Waals surface area contributed by atoms with E-state index in [0.717, 1.165) is 21.8 Å². The Bertz CT molecular complexity index is 1220. The second-order valence-electron chi connectivity index (χ2n) is 6.58. The van der Waals surface area contributed by atoms with E-state index >= 15 is 0 Å². The summed E-state index contributed by atoms with van der Waals surface area (Å²) in [5.41, 5.74) is 5.85. The first-order valence-electron chi connectivity index (χ1n) is 9.07. The molecule has 140 valence electrons.